The van der Waals surface area contributed by atoms with Gasteiger partial charge in [-0.15, -0.1) is 0 Å². The maximum absolute atomic E-state index is 10.7. The van der Waals surface area contributed by atoms with Crippen molar-refractivity contribution in [2.75, 3.05) is 23.7 Å². The predicted molar refractivity (Wildman–Crippen MR) is 60.9 cm³/mol. The Kier molecular flexibility index (Phi) is 4.72. The lowest BCUT2D eigenvalue weighted by atomic mass is 10.2. The fourth-order valence-electron chi connectivity index (χ4n) is 1.24. The molecule has 5 heteroatoms. The average Bonchev–Trinajstić information content (AvgIpc) is 2.33. The highest BCUT2D eigenvalue weighted by molar-refractivity contribution is 5.81. The van der Waals surface area contributed by atoms with Crippen LogP contribution in [-0.2, 0) is 9.59 Å². The Hall–Kier alpha value is -2.17. The molecule has 0 spiro atoms. The number of anilines is 2. The summed E-state index contributed by atoms with van der Waals surface area (Å²) in [6, 6.07) is 4.98. The molecule has 0 radical (unpaired) electrons. The molecule has 84 valence electrons. The van der Waals surface area contributed by atoms with Crippen molar-refractivity contribution in [1.82, 2.24) is 0 Å². The molecule has 0 unspecified atom stereocenters. The number of nitrogens with one attached hydrogen (secondary N) is 2. The van der Waals surface area contributed by atoms with Crippen LogP contribution in [0.25, 0.3) is 0 Å². The molecule has 0 atom stereocenters. The van der Waals surface area contributed by atoms with Gasteiger partial charge in [0.2, 0.25) is 0 Å². The minimum Gasteiger partial charge on any atom is -0.378 e. The predicted octanol–water partition coefficient (Wildman–Crippen LogP) is 0.721. The van der Waals surface area contributed by atoms with E-state index in [1.807, 2.05) is 0 Å². The van der Waals surface area contributed by atoms with E-state index in [-0.39, 0.29) is 13.1 Å². The minimum absolute atomic E-state index is 0.176. The van der Waals surface area contributed by atoms with Gasteiger partial charge in [0.1, 0.15) is 18.9 Å². The van der Waals surface area contributed by atoms with E-state index in [0.29, 0.717) is 23.2 Å². The molecule has 0 saturated heterocycles. The number of aldehydes is 3. The van der Waals surface area contributed by atoms with Gasteiger partial charge in [-0.25, -0.2) is 0 Å². The molecular formula is C11H12N2O3. The van der Waals surface area contributed by atoms with Crippen LogP contribution < -0.4 is 10.6 Å². The molecule has 0 heterocycles. The first-order valence-electron chi connectivity index (χ1n) is 4.75. The Morgan fingerprint density at radius 3 is 1.75 bits per heavy atom. The van der Waals surface area contributed by atoms with Crippen LogP contribution in [-0.4, -0.2) is 31.9 Å². The van der Waals surface area contributed by atoms with E-state index in [1.54, 1.807) is 18.2 Å². The molecule has 1 rings (SSSR count). The second-order valence-corrected chi connectivity index (χ2v) is 3.06. The number of hydrogen-bond donors (Lipinski definition) is 2. The van der Waals surface area contributed by atoms with Crippen LogP contribution in [0, 0.1) is 0 Å². The molecule has 0 aliphatic heterocycles. The van der Waals surface area contributed by atoms with E-state index in [2.05, 4.69) is 10.6 Å². The summed E-state index contributed by atoms with van der Waals surface area (Å²) in [4.78, 5) is 31.1. The second-order valence-electron chi connectivity index (χ2n) is 3.06. The van der Waals surface area contributed by atoms with Crippen molar-refractivity contribution in [3.05, 3.63) is 23.8 Å². The summed E-state index contributed by atoms with van der Waals surface area (Å²) in [6.45, 7) is 0.352. The summed E-state index contributed by atoms with van der Waals surface area (Å²) in [5, 5.41) is 5.66. The molecule has 0 fully saturated rings. The lowest BCUT2D eigenvalue weighted by molar-refractivity contribution is -0.107. The van der Waals surface area contributed by atoms with Crippen molar-refractivity contribution >= 4 is 30.2 Å². The van der Waals surface area contributed by atoms with Crippen LogP contribution >= 0.6 is 0 Å². The Morgan fingerprint density at radius 2 is 1.38 bits per heavy atom. The van der Waals surface area contributed by atoms with Crippen LogP contribution in [0.2, 0.25) is 0 Å². The van der Waals surface area contributed by atoms with Crippen LogP contribution in [0.5, 0.6) is 0 Å². The summed E-state index contributed by atoms with van der Waals surface area (Å²) >= 11 is 0. The van der Waals surface area contributed by atoms with Crippen molar-refractivity contribution in [2.24, 2.45) is 0 Å². The van der Waals surface area contributed by atoms with Crippen LogP contribution in [0.4, 0.5) is 11.4 Å². The van der Waals surface area contributed by atoms with Crippen LogP contribution in [0.1, 0.15) is 10.4 Å². The fourth-order valence-corrected chi connectivity index (χ4v) is 1.24. The van der Waals surface area contributed by atoms with Gasteiger partial charge in [0, 0.05) is 16.9 Å². The SMILES string of the molecule is O=CCNc1cc(C=O)cc(NCC=O)c1. The number of carbonyl (C=O) groups is 3. The van der Waals surface area contributed by atoms with E-state index in [4.69, 9.17) is 0 Å². The molecule has 5 nitrogen and oxygen atoms in total. The van der Waals surface area contributed by atoms with Crippen molar-refractivity contribution in [2.45, 2.75) is 0 Å². The van der Waals surface area contributed by atoms with Gasteiger partial charge in [-0.3, -0.25) is 4.79 Å². The Bertz CT molecular complexity index is 361. The summed E-state index contributed by atoms with van der Waals surface area (Å²) in [5.41, 5.74) is 1.79. The molecule has 1 aromatic carbocycles. The van der Waals surface area contributed by atoms with E-state index in [0.717, 1.165) is 12.6 Å². The zero-order valence-electron chi connectivity index (χ0n) is 8.60. The van der Waals surface area contributed by atoms with Crippen LogP contribution in [0.3, 0.4) is 0 Å². The highest BCUT2D eigenvalue weighted by Gasteiger charge is 1.99. The normalized spacial score (nSPS) is 9.25. The first-order valence-corrected chi connectivity index (χ1v) is 4.75. The van der Waals surface area contributed by atoms with Gasteiger partial charge >= 0.3 is 0 Å². The lowest BCUT2D eigenvalue weighted by Crippen LogP contribution is -2.06. The van der Waals surface area contributed by atoms with Crippen LogP contribution in [0.15, 0.2) is 18.2 Å². The fraction of sp³-hybridized carbons (Fsp3) is 0.182. The first-order chi connectivity index (χ1) is 7.80. The van der Waals surface area contributed by atoms with E-state index < -0.39 is 0 Å². The standard InChI is InChI=1S/C11H12N2O3/c14-3-1-12-10-5-9(8-16)6-11(7-10)13-2-4-15/h3-8,12-13H,1-2H2. The first kappa shape index (κ1) is 11.9. The second kappa shape index (κ2) is 6.34. The zero-order chi connectivity index (χ0) is 11.8. The molecule has 0 aliphatic carbocycles. The van der Waals surface area contributed by atoms with Gasteiger partial charge < -0.3 is 20.2 Å². The van der Waals surface area contributed by atoms with Gasteiger partial charge in [0.15, 0.2) is 0 Å². The van der Waals surface area contributed by atoms with Gasteiger partial charge in [-0.05, 0) is 18.2 Å². The summed E-state index contributed by atoms with van der Waals surface area (Å²) in [6.07, 6.45) is 2.16. The Morgan fingerprint density at radius 1 is 0.875 bits per heavy atom. The Labute approximate surface area is 92.8 Å². The van der Waals surface area contributed by atoms with Crippen molar-refractivity contribution < 1.29 is 14.4 Å². The largest absolute Gasteiger partial charge is 0.378 e. The molecule has 1 aromatic rings. The monoisotopic (exact) mass is 220 g/mol. The minimum atomic E-state index is 0.176. The van der Waals surface area contributed by atoms with Crippen molar-refractivity contribution in [3.63, 3.8) is 0 Å². The highest BCUT2D eigenvalue weighted by Crippen LogP contribution is 2.17. The van der Waals surface area contributed by atoms with Gasteiger partial charge in [-0.1, -0.05) is 0 Å². The van der Waals surface area contributed by atoms with Gasteiger partial charge in [0.25, 0.3) is 0 Å². The summed E-state index contributed by atoms with van der Waals surface area (Å²) < 4.78 is 0. The third-order valence-electron chi connectivity index (χ3n) is 1.87. The topological polar surface area (TPSA) is 75.3 Å². The third kappa shape index (κ3) is 3.53. The molecular weight excluding hydrogens is 208 g/mol. The van der Waals surface area contributed by atoms with E-state index in [9.17, 15) is 14.4 Å². The number of carbonyl (C=O) groups excluding carboxylic acids is 3. The van der Waals surface area contributed by atoms with E-state index in [1.165, 1.54) is 0 Å². The van der Waals surface area contributed by atoms with Gasteiger partial charge in [-0.2, -0.15) is 0 Å². The maximum atomic E-state index is 10.7. The molecule has 0 aliphatic rings. The number of rotatable bonds is 7. The average molecular weight is 220 g/mol. The van der Waals surface area contributed by atoms with Crippen molar-refractivity contribution in [1.29, 1.82) is 0 Å². The molecule has 0 aromatic heterocycles. The summed E-state index contributed by atoms with van der Waals surface area (Å²) in [5.74, 6) is 0. The Balaban J connectivity index is 2.86. The quantitative estimate of drug-likeness (QED) is 0.662. The molecule has 0 saturated carbocycles. The maximum Gasteiger partial charge on any atom is 0.150 e. The molecule has 0 bridgehead atoms. The van der Waals surface area contributed by atoms with Gasteiger partial charge in [0.05, 0.1) is 13.1 Å². The third-order valence-corrected chi connectivity index (χ3v) is 1.87. The summed E-state index contributed by atoms with van der Waals surface area (Å²) in [7, 11) is 0. The van der Waals surface area contributed by atoms with E-state index >= 15 is 0 Å². The zero-order valence-corrected chi connectivity index (χ0v) is 8.60. The molecule has 0 amide bonds. The smallest absolute Gasteiger partial charge is 0.150 e. The van der Waals surface area contributed by atoms with Crippen molar-refractivity contribution in [3.8, 4) is 0 Å². The lowest BCUT2D eigenvalue weighted by Gasteiger charge is -2.08. The molecule has 2 N–H and O–H groups in total. The number of hydrogen-bond acceptors (Lipinski definition) is 5. The number of benzene rings is 1. The molecule has 16 heavy (non-hydrogen) atoms. The highest BCUT2D eigenvalue weighted by atomic mass is 16.1.